The van der Waals surface area contributed by atoms with Crippen LogP contribution >= 0.6 is 11.3 Å². The fourth-order valence-corrected chi connectivity index (χ4v) is 3.58. The maximum absolute atomic E-state index is 12.6. The minimum Gasteiger partial charge on any atom is -0.351 e. The first-order valence-corrected chi connectivity index (χ1v) is 8.70. The van der Waals surface area contributed by atoms with Crippen LogP contribution in [-0.2, 0) is 17.9 Å². The lowest BCUT2D eigenvalue weighted by molar-refractivity contribution is -0.123. The quantitative estimate of drug-likeness (QED) is 0.785. The Hall–Kier alpha value is -2.61. The van der Waals surface area contributed by atoms with Gasteiger partial charge in [-0.25, -0.2) is 4.98 Å². The Bertz CT molecular complexity index is 830. The van der Waals surface area contributed by atoms with E-state index in [-0.39, 0.29) is 11.8 Å². The number of nitrogens with one attached hydrogen (secondary N) is 1. The Morgan fingerprint density at radius 1 is 1.38 bits per heavy atom. The molecule has 7 nitrogen and oxygen atoms in total. The van der Waals surface area contributed by atoms with Crippen molar-refractivity contribution in [2.75, 3.05) is 0 Å². The molecule has 122 valence electrons. The van der Waals surface area contributed by atoms with E-state index in [0.29, 0.717) is 23.9 Å². The van der Waals surface area contributed by atoms with Crippen LogP contribution in [0.5, 0.6) is 0 Å². The lowest BCUT2D eigenvalue weighted by Gasteiger charge is -2.22. The lowest BCUT2D eigenvalue weighted by Crippen LogP contribution is -2.32. The summed E-state index contributed by atoms with van der Waals surface area (Å²) in [5.74, 6) is 1.12. The van der Waals surface area contributed by atoms with E-state index in [2.05, 4.69) is 25.5 Å². The highest BCUT2D eigenvalue weighted by Crippen LogP contribution is 2.29. The van der Waals surface area contributed by atoms with Crippen LogP contribution in [0.25, 0.3) is 11.5 Å². The lowest BCUT2D eigenvalue weighted by atomic mass is 9.98. The van der Waals surface area contributed by atoms with Crippen LogP contribution in [0.1, 0.15) is 29.5 Å². The molecule has 0 saturated carbocycles. The van der Waals surface area contributed by atoms with E-state index in [1.54, 1.807) is 29.9 Å². The molecule has 1 atom stereocenters. The van der Waals surface area contributed by atoms with Gasteiger partial charge in [0.05, 0.1) is 18.7 Å². The molecule has 4 heterocycles. The van der Waals surface area contributed by atoms with Crippen molar-refractivity contribution < 1.29 is 4.79 Å². The first-order chi connectivity index (χ1) is 11.8. The highest BCUT2D eigenvalue weighted by molar-refractivity contribution is 7.09. The highest BCUT2D eigenvalue weighted by Gasteiger charge is 2.31. The minimum atomic E-state index is -0.267. The van der Waals surface area contributed by atoms with Gasteiger partial charge in [-0.05, 0) is 24.3 Å². The van der Waals surface area contributed by atoms with Gasteiger partial charge in [0.25, 0.3) is 0 Å². The van der Waals surface area contributed by atoms with Crippen molar-refractivity contribution in [1.29, 1.82) is 0 Å². The van der Waals surface area contributed by atoms with E-state index >= 15 is 0 Å². The van der Waals surface area contributed by atoms with Crippen LogP contribution in [0.3, 0.4) is 0 Å². The third kappa shape index (κ3) is 2.80. The maximum atomic E-state index is 12.6. The second-order valence-electron chi connectivity index (χ2n) is 5.62. The third-order valence-electron chi connectivity index (χ3n) is 4.09. The van der Waals surface area contributed by atoms with Crippen LogP contribution in [0.2, 0.25) is 0 Å². The van der Waals surface area contributed by atoms with Gasteiger partial charge in [0.15, 0.2) is 5.82 Å². The van der Waals surface area contributed by atoms with Crippen molar-refractivity contribution >= 4 is 17.2 Å². The van der Waals surface area contributed by atoms with Gasteiger partial charge < -0.3 is 9.88 Å². The summed E-state index contributed by atoms with van der Waals surface area (Å²) in [7, 11) is 0. The van der Waals surface area contributed by atoms with Crippen molar-refractivity contribution in [2.45, 2.75) is 31.8 Å². The average Bonchev–Trinajstić information content (AvgIpc) is 3.29. The van der Waals surface area contributed by atoms with Crippen LogP contribution in [0.15, 0.2) is 36.1 Å². The fourth-order valence-electron chi connectivity index (χ4n) is 2.94. The predicted octanol–water partition coefficient (Wildman–Crippen LogP) is 1.99. The smallest absolute Gasteiger partial charge is 0.231 e. The molecule has 1 aliphatic heterocycles. The van der Waals surface area contributed by atoms with Gasteiger partial charge in [-0.15, -0.1) is 21.5 Å². The normalized spacial score (nSPS) is 16.6. The summed E-state index contributed by atoms with van der Waals surface area (Å²) < 4.78 is 1.99. The predicted molar refractivity (Wildman–Crippen MR) is 89.2 cm³/mol. The van der Waals surface area contributed by atoms with E-state index in [9.17, 15) is 4.79 Å². The van der Waals surface area contributed by atoms with Crippen LogP contribution in [-0.4, -0.2) is 30.6 Å². The summed E-state index contributed by atoms with van der Waals surface area (Å²) in [6, 6.07) is 4.00. The Kier molecular flexibility index (Phi) is 4.04. The van der Waals surface area contributed by atoms with Crippen molar-refractivity contribution in [3.05, 3.63) is 46.8 Å². The summed E-state index contributed by atoms with van der Waals surface area (Å²) in [6.45, 7) is 1.35. The van der Waals surface area contributed by atoms with Crippen molar-refractivity contribution in [3.8, 4) is 11.5 Å². The number of rotatable bonds is 4. The molecule has 4 rings (SSSR count). The number of fused-ring (bicyclic) bond motifs is 1. The minimum absolute atomic E-state index is 0.00226. The monoisotopic (exact) mass is 340 g/mol. The van der Waals surface area contributed by atoms with Gasteiger partial charge >= 0.3 is 0 Å². The summed E-state index contributed by atoms with van der Waals surface area (Å²) in [5.41, 5.74) is 0.677. The largest absolute Gasteiger partial charge is 0.351 e. The summed E-state index contributed by atoms with van der Waals surface area (Å²) in [4.78, 5) is 22.1. The van der Waals surface area contributed by atoms with E-state index in [4.69, 9.17) is 0 Å². The molecular weight excluding hydrogens is 324 g/mol. The topological polar surface area (TPSA) is 85.6 Å². The Morgan fingerprint density at radius 3 is 3.12 bits per heavy atom. The molecule has 0 aliphatic carbocycles. The molecule has 1 N–H and O–H groups in total. The van der Waals surface area contributed by atoms with Crippen molar-refractivity contribution in [3.63, 3.8) is 0 Å². The van der Waals surface area contributed by atoms with Gasteiger partial charge in [-0.1, -0.05) is 6.07 Å². The molecule has 0 radical (unpaired) electrons. The summed E-state index contributed by atoms with van der Waals surface area (Å²) in [5, 5.41) is 13.5. The van der Waals surface area contributed by atoms with Gasteiger partial charge in [0, 0.05) is 23.8 Å². The fraction of sp³-hybridized carbons (Fsp3) is 0.312. The third-order valence-corrected chi connectivity index (χ3v) is 4.97. The molecule has 0 spiro atoms. The van der Waals surface area contributed by atoms with Crippen LogP contribution in [0, 0.1) is 0 Å². The molecule has 24 heavy (non-hydrogen) atoms. The zero-order valence-corrected chi connectivity index (χ0v) is 13.7. The van der Waals surface area contributed by atoms with Crippen molar-refractivity contribution in [2.24, 2.45) is 0 Å². The Morgan fingerprint density at radius 2 is 2.33 bits per heavy atom. The van der Waals surface area contributed by atoms with E-state index in [0.717, 1.165) is 24.3 Å². The number of hydrogen-bond acceptors (Lipinski definition) is 6. The molecule has 1 amide bonds. The zero-order chi connectivity index (χ0) is 16.4. The molecule has 1 aliphatic rings. The number of amides is 1. The molecule has 0 bridgehead atoms. The molecule has 3 aromatic rings. The first-order valence-electron chi connectivity index (χ1n) is 7.82. The van der Waals surface area contributed by atoms with Gasteiger partial charge in [0.2, 0.25) is 5.91 Å². The van der Waals surface area contributed by atoms with Crippen molar-refractivity contribution in [1.82, 2.24) is 30.0 Å². The van der Waals surface area contributed by atoms with Crippen LogP contribution in [0.4, 0.5) is 0 Å². The number of hydrogen-bond donors (Lipinski definition) is 1. The molecule has 8 heteroatoms. The number of aromatic nitrogens is 5. The number of carbonyl (C=O) groups excluding carboxylic acids is 1. The molecule has 1 unspecified atom stereocenters. The number of nitrogens with zero attached hydrogens (tertiary/aromatic N) is 5. The van der Waals surface area contributed by atoms with E-state index in [1.807, 2.05) is 22.1 Å². The first kappa shape index (κ1) is 14.9. The van der Waals surface area contributed by atoms with Gasteiger partial charge in [0.1, 0.15) is 11.5 Å². The molecule has 0 fully saturated rings. The standard InChI is InChI=1S/C16H16N6OS/c23-16(19-9-11-3-2-8-24-11)12-4-1-7-22-14(12)20-21-15(22)13-10-17-5-6-18-13/h2-3,5-6,8,10,12H,1,4,7,9H2,(H,19,23). The molecule has 0 saturated heterocycles. The Balaban J connectivity index is 1.56. The van der Waals surface area contributed by atoms with Crippen LogP contribution < -0.4 is 5.32 Å². The average molecular weight is 340 g/mol. The second-order valence-corrected chi connectivity index (χ2v) is 6.65. The Labute approximate surface area is 142 Å². The van der Waals surface area contributed by atoms with Gasteiger partial charge in [-0.2, -0.15) is 0 Å². The summed E-state index contributed by atoms with van der Waals surface area (Å²) >= 11 is 1.64. The number of thiophene rings is 1. The number of carbonyl (C=O) groups is 1. The second kappa shape index (κ2) is 6.48. The molecular formula is C16H16N6OS. The molecule has 0 aromatic carbocycles. The summed E-state index contributed by atoms with van der Waals surface area (Å²) in [6.07, 6.45) is 6.62. The highest BCUT2D eigenvalue weighted by atomic mass is 32.1. The SMILES string of the molecule is O=C(NCc1cccs1)C1CCCn2c(-c3cnccn3)nnc21. The zero-order valence-electron chi connectivity index (χ0n) is 12.9. The maximum Gasteiger partial charge on any atom is 0.231 e. The van der Waals surface area contributed by atoms with E-state index in [1.165, 1.54) is 0 Å². The molecule has 3 aromatic heterocycles. The van der Waals surface area contributed by atoms with E-state index < -0.39 is 0 Å². The van der Waals surface area contributed by atoms with Gasteiger partial charge in [-0.3, -0.25) is 9.78 Å².